The molecular weight excluding hydrogens is 587 g/mol. The van der Waals surface area contributed by atoms with E-state index < -0.39 is 52.6 Å². The van der Waals surface area contributed by atoms with Crippen LogP contribution in [0, 0.1) is 34.9 Å². The van der Waals surface area contributed by atoms with Crippen molar-refractivity contribution in [1.29, 1.82) is 0 Å². The number of allylic oxidation sites excluding steroid dienone is 2. The van der Waals surface area contributed by atoms with Crippen LogP contribution in [0.3, 0.4) is 0 Å². The van der Waals surface area contributed by atoms with E-state index in [-0.39, 0.29) is 41.1 Å². The van der Waals surface area contributed by atoms with Crippen molar-refractivity contribution in [3.05, 3.63) is 94.8 Å². The maximum Gasteiger partial charge on any atom is 0.241 e. The van der Waals surface area contributed by atoms with Gasteiger partial charge in [-0.2, -0.15) is 0 Å². The van der Waals surface area contributed by atoms with Crippen molar-refractivity contribution >= 4 is 46.6 Å². The average molecular weight is 615 g/mol. The zero-order valence-corrected chi connectivity index (χ0v) is 24.6. The maximum absolute atomic E-state index is 14.5. The number of carbonyl (C=O) groups is 4. The molecule has 0 spiro atoms. The van der Waals surface area contributed by atoms with Crippen LogP contribution in [-0.4, -0.2) is 35.8 Å². The smallest absolute Gasteiger partial charge is 0.241 e. The number of nitrogens with zero attached hydrogens (tertiary/aromatic N) is 2. The number of aromatic hydroxyl groups is 1. The first-order valence-electron chi connectivity index (χ1n) is 14.4. The predicted octanol–water partition coefficient (Wildman–Crippen LogP) is 5.63. The van der Waals surface area contributed by atoms with Crippen molar-refractivity contribution < 1.29 is 33.4 Å². The molecule has 0 bridgehead atoms. The van der Waals surface area contributed by atoms with E-state index in [0.717, 1.165) is 11.0 Å². The van der Waals surface area contributed by atoms with Gasteiger partial charge in [0.15, 0.2) is 0 Å². The van der Waals surface area contributed by atoms with Crippen LogP contribution in [0.4, 0.5) is 15.8 Å². The van der Waals surface area contributed by atoms with Crippen LogP contribution < -0.4 is 14.5 Å². The lowest BCUT2D eigenvalue weighted by Crippen LogP contribution is -2.49. The van der Waals surface area contributed by atoms with Crippen LogP contribution in [0.15, 0.2) is 78.4 Å². The number of ether oxygens (including phenoxy) is 1. The van der Waals surface area contributed by atoms with Gasteiger partial charge >= 0.3 is 0 Å². The number of phenols is 1. The number of benzene rings is 3. The number of hydrogen-bond donors (Lipinski definition) is 1. The number of carbonyl (C=O) groups excluding carboxylic acids is 4. The quantitative estimate of drug-likeness (QED) is 0.302. The zero-order valence-electron chi connectivity index (χ0n) is 23.9. The van der Waals surface area contributed by atoms with E-state index in [1.807, 2.05) is 6.08 Å². The van der Waals surface area contributed by atoms with Crippen molar-refractivity contribution in [3.8, 4) is 11.5 Å². The van der Waals surface area contributed by atoms with Crippen LogP contribution in [0.25, 0.3) is 0 Å². The molecule has 10 heteroatoms. The SMILES string of the molecule is COc1cccc(O)c1C1C2=CCC3C(=O)N(c4ccccc4)C(=O)C3C2CC2C(=O)N(c3ccc(F)c(Cl)c3)C(=O)C21C. The third kappa shape index (κ3) is 3.75. The normalized spacial score (nSPS) is 29.4. The fraction of sp³-hybridized carbons (Fsp3) is 0.294. The Labute approximate surface area is 257 Å². The van der Waals surface area contributed by atoms with Crippen molar-refractivity contribution in [2.45, 2.75) is 25.7 Å². The summed E-state index contributed by atoms with van der Waals surface area (Å²) >= 11 is 6.06. The minimum atomic E-state index is -1.41. The molecule has 3 aromatic carbocycles. The largest absolute Gasteiger partial charge is 0.508 e. The Bertz CT molecular complexity index is 1790. The zero-order chi connectivity index (χ0) is 31.1. The molecule has 4 amide bonds. The molecule has 2 saturated heterocycles. The Morgan fingerprint density at radius 1 is 0.909 bits per heavy atom. The van der Waals surface area contributed by atoms with Gasteiger partial charge in [-0.15, -0.1) is 0 Å². The Morgan fingerprint density at radius 3 is 2.36 bits per heavy atom. The lowest BCUT2D eigenvalue weighted by atomic mass is 9.51. The molecule has 0 radical (unpaired) electrons. The van der Waals surface area contributed by atoms with Gasteiger partial charge in [-0.3, -0.25) is 24.1 Å². The van der Waals surface area contributed by atoms with Crippen LogP contribution in [0.1, 0.15) is 31.2 Å². The van der Waals surface area contributed by atoms with Gasteiger partial charge < -0.3 is 9.84 Å². The number of rotatable bonds is 4. The van der Waals surface area contributed by atoms with E-state index in [2.05, 4.69) is 0 Å². The summed E-state index contributed by atoms with van der Waals surface area (Å²) in [7, 11) is 1.45. The minimum absolute atomic E-state index is 0.124. The molecule has 0 aromatic heterocycles. The number of para-hydroxylation sites is 1. The van der Waals surface area contributed by atoms with Crippen molar-refractivity contribution in [1.82, 2.24) is 0 Å². The third-order valence-electron chi connectivity index (χ3n) is 10.0. The van der Waals surface area contributed by atoms with Crippen molar-refractivity contribution in [3.63, 3.8) is 0 Å². The molecule has 3 fully saturated rings. The second-order valence-corrected chi connectivity index (χ2v) is 12.4. The molecule has 3 aromatic rings. The lowest BCUT2D eigenvalue weighted by Gasteiger charge is -2.49. The van der Waals surface area contributed by atoms with Crippen molar-refractivity contribution in [2.24, 2.45) is 29.1 Å². The van der Waals surface area contributed by atoms with Gasteiger partial charge in [-0.25, -0.2) is 9.29 Å². The molecule has 6 unspecified atom stereocenters. The van der Waals surface area contributed by atoms with Crippen LogP contribution >= 0.6 is 11.6 Å². The highest BCUT2D eigenvalue weighted by atomic mass is 35.5. The molecule has 44 heavy (non-hydrogen) atoms. The van der Waals surface area contributed by atoms with Gasteiger partial charge in [0.05, 0.1) is 46.7 Å². The van der Waals surface area contributed by atoms with E-state index in [1.165, 1.54) is 30.2 Å². The topological polar surface area (TPSA) is 104 Å². The molecular formula is C34H28ClFN2O6. The summed E-state index contributed by atoms with van der Waals surface area (Å²) in [5.41, 5.74) is 0.228. The van der Waals surface area contributed by atoms with Crippen molar-refractivity contribution in [2.75, 3.05) is 16.9 Å². The monoisotopic (exact) mass is 614 g/mol. The summed E-state index contributed by atoms with van der Waals surface area (Å²) in [6, 6.07) is 17.2. The second-order valence-electron chi connectivity index (χ2n) is 12.0. The van der Waals surface area contributed by atoms with Crippen LogP contribution in [-0.2, 0) is 19.2 Å². The summed E-state index contributed by atoms with van der Waals surface area (Å²) < 4.78 is 19.7. The number of imide groups is 2. The molecule has 2 aliphatic heterocycles. The highest BCUT2D eigenvalue weighted by Crippen LogP contribution is 2.65. The van der Waals surface area contributed by atoms with Gasteiger partial charge in [0.2, 0.25) is 23.6 Å². The standard InChI is InChI=1S/C34H28ClFN2O6/c1-34-22(31(41)38(33(34)43)18-11-14-24(36)23(35)15-18)16-21-19(29(34)28-25(39)9-6-10-26(28)44-2)12-13-20-27(21)32(42)37(30(20)40)17-7-4-3-5-8-17/h3-12,14-15,20-22,27,29,39H,13,16H2,1-2H3. The van der Waals surface area contributed by atoms with Gasteiger partial charge in [-0.05, 0) is 68.1 Å². The Balaban J connectivity index is 1.41. The number of halogens is 2. The number of methoxy groups -OCH3 is 1. The van der Waals surface area contributed by atoms with E-state index >= 15 is 0 Å². The van der Waals surface area contributed by atoms with E-state index in [1.54, 1.807) is 49.4 Å². The maximum atomic E-state index is 14.5. The molecule has 4 aliphatic rings. The molecule has 7 rings (SSSR count). The number of fused-ring (bicyclic) bond motifs is 4. The molecule has 2 aliphatic carbocycles. The highest BCUT2D eigenvalue weighted by Gasteiger charge is 2.68. The average Bonchev–Trinajstić information content (AvgIpc) is 3.39. The van der Waals surface area contributed by atoms with Gasteiger partial charge in [0, 0.05) is 11.5 Å². The molecule has 8 nitrogen and oxygen atoms in total. The predicted molar refractivity (Wildman–Crippen MR) is 160 cm³/mol. The molecule has 1 N–H and O–H groups in total. The van der Waals surface area contributed by atoms with E-state index in [4.69, 9.17) is 16.3 Å². The molecule has 224 valence electrons. The summed E-state index contributed by atoms with van der Waals surface area (Å²) in [5, 5.41) is 11.0. The molecule has 2 heterocycles. The van der Waals surface area contributed by atoms with Gasteiger partial charge in [-0.1, -0.05) is 47.5 Å². The first kappa shape index (κ1) is 28.3. The van der Waals surface area contributed by atoms with Gasteiger partial charge in [0.25, 0.3) is 0 Å². The summed E-state index contributed by atoms with van der Waals surface area (Å²) in [4.78, 5) is 58.8. The van der Waals surface area contributed by atoms with Crippen LogP contribution in [0.2, 0.25) is 5.02 Å². The van der Waals surface area contributed by atoms with E-state index in [0.29, 0.717) is 22.6 Å². The third-order valence-corrected chi connectivity index (χ3v) is 10.3. The van der Waals surface area contributed by atoms with Gasteiger partial charge in [0.1, 0.15) is 17.3 Å². The number of anilines is 2. The first-order valence-corrected chi connectivity index (χ1v) is 14.8. The number of hydrogen-bond acceptors (Lipinski definition) is 6. The first-order chi connectivity index (χ1) is 21.1. The molecule has 1 saturated carbocycles. The molecule has 6 atom stereocenters. The Hall–Kier alpha value is -4.50. The number of amides is 4. The minimum Gasteiger partial charge on any atom is -0.508 e. The summed E-state index contributed by atoms with van der Waals surface area (Å²) in [5.74, 6) is -5.96. The highest BCUT2D eigenvalue weighted by molar-refractivity contribution is 6.32. The van der Waals surface area contributed by atoms with Crippen LogP contribution in [0.5, 0.6) is 11.5 Å². The fourth-order valence-electron chi connectivity index (χ4n) is 8.03. The lowest BCUT2D eigenvalue weighted by molar-refractivity contribution is -0.131. The van der Waals surface area contributed by atoms with E-state index in [9.17, 15) is 28.7 Å². The Morgan fingerprint density at radius 2 is 1.66 bits per heavy atom. The number of phenolic OH excluding ortho intramolecular Hbond substituents is 1. The fourth-order valence-corrected chi connectivity index (χ4v) is 8.20. The second kappa shape index (κ2) is 10.0. The Kier molecular flexibility index (Phi) is 6.44. The summed E-state index contributed by atoms with van der Waals surface area (Å²) in [6.45, 7) is 1.70. The summed E-state index contributed by atoms with van der Waals surface area (Å²) in [6.07, 6.45) is 2.29.